The van der Waals surface area contributed by atoms with Crippen LogP contribution in [0.25, 0.3) is 0 Å². The van der Waals surface area contributed by atoms with Gasteiger partial charge < -0.3 is 5.32 Å². The van der Waals surface area contributed by atoms with Gasteiger partial charge in [-0.15, -0.1) is 0 Å². The van der Waals surface area contributed by atoms with Crippen molar-refractivity contribution in [3.8, 4) is 0 Å². The lowest BCUT2D eigenvalue weighted by molar-refractivity contribution is 0.0945. The van der Waals surface area contributed by atoms with Crippen LogP contribution in [0.3, 0.4) is 0 Å². The molecule has 0 fully saturated rings. The largest absolute Gasteiger partial charge is 0.350 e. The predicted octanol–water partition coefficient (Wildman–Crippen LogP) is 1.35. The van der Waals surface area contributed by atoms with Crippen LogP contribution in [0.2, 0.25) is 0 Å². The molecule has 0 unspecified atom stereocenters. The highest BCUT2D eigenvalue weighted by atomic mass is 16.2. The maximum Gasteiger partial charge on any atom is 0.289 e. The van der Waals surface area contributed by atoms with Crippen molar-refractivity contribution in [1.29, 1.82) is 0 Å². The number of nitrogens with one attached hydrogen (secondary N) is 1. The van der Waals surface area contributed by atoms with Gasteiger partial charge in [0, 0.05) is 18.4 Å². The molecule has 0 saturated heterocycles. The molecular formula is C10H15N3O. The molecule has 76 valence electrons. The number of hydrogen-bond acceptors (Lipinski definition) is 3. The van der Waals surface area contributed by atoms with Crippen LogP contribution in [0, 0.1) is 0 Å². The second kappa shape index (κ2) is 4.69. The van der Waals surface area contributed by atoms with E-state index in [4.69, 9.17) is 0 Å². The van der Waals surface area contributed by atoms with Crippen molar-refractivity contribution in [3.05, 3.63) is 23.8 Å². The van der Waals surface area contributed by atoms with E-state index in [1.807, 2.05) is 26.8 Å². The van der Waals surface area contributed by atoms with E-state index in [2.05, 4.69) is 15.3 Å². The molecule has 0 saturated carbocycles. The number of carbonyl (C=O) groups excluding carboxylic acids is 1. The molecule has 1 aromatic rings. The van der Waals surface area contributed by atoms with E-state index in [0.717, 1.165) is 5.69 Å². The third-order valence-corrected chi connectivity index (χ3v) is 1.81. The second-order valence-electron chi connectivity index (χ2n) is 3.32. The highest BCUT2D eigenvalue weighted by Gasteiger charge is 2.09. The normalized spacial score (nSPS) is 10.3. The average Bonchev–Trinajstić information content (AvgIpc) is 2.18. The minimum atomic E-state index is -0.213. The molecule has 0 aliphatic carbocycles. The summed E-state index contributed by atoms with van der Waals surface area (Å²) >= 11 is 0. The Morgan fingerprint density at radius 1 is 1.57 bits per heavy atom. The lowest BCUT2D eigenvalue weighted by Gasteiger charge is -2.05. The molecule has 1 amide bonds. The van der Waals surface area contributed by atoms with Crippen LogP contribution in [0.4, 0.5) is 0 Å². The van der Waals surface area contributed by atoms with Crippen molar-refractivity contribution in [3.63, 3.8) is 0 Å². The van der Waals surface area contributed by atoms with Crippen LogP contribution < -0.4 is 5.32 Å². The Balaban J connectivity index is 2.88. The van der Waals surface area contributed by atoms with E-state index in [-0.39, 0.29) is 11.7 Å². The van der Waals surface area contributed by atoms with Gasteiger partial charge in [-0.05, 0) is 18.9 Å². The Kier molecular flexibility index (Phi) is 3.56. The number of hydrogen-bond donors (Lipinski definition) is 1. The lowest BCUT2D eigenvalue weighted by atomic mass is 10.1. The molecule has 1 N–H and O–H groups in total. The Bertz CT molecular complexity index is 323. The van der Waals surface area contributed by atoms with Crippen LogP contribution in [0.5, 0.6) is 0 Å². The average molecular weight is 193 g/mol. The first-order valence-electron chi connectivity index (χ1n) is 4.76. The first-order chi connectivity index (χ1) is 6.65. The molecule has 0 aromatic carbocycles. The van der Waals surface area contributed by atoms with Crippen molar-refractivity contribution in [2.75, 3.05) is 6.54 Å². The smallest absolute Gasteiger partial charge is 0.289 e. The van der Waals surface area contributed by atoms with E-state index in [0.29, 0.717) is 12.5 Å². The van der Waals surface area contributed by atoms with E-state index in [1.165, 1.54) is 0 Å². The summed E-state index contributed by atoms with van der Waals surface area (Å²) in [6.45, 7) is 6.52. The fourth-order valence-corrected chi connectivity index (χ4v) is 1.04. The number of nitrogens with zero attached hydrogens (tertiary/aromatic N) is 2. The monoisotopic (exact) mass is 193 g/mol. The van der Waals surface area contributed by atoms with Crippen LogP contribution >= 0.6 is 0 Å². The van der Waals surface area contributed by atoms with Crippen LogP contribution in [-0.2, 0) is 0 Å². The zero-order valence-electron chi connectivity index (χ0n) is 8.74. The molecule has 4 heteroatoms. The summed E-state index contributed by atoms with van der Waals surface area (Å²) in [5.41, 5.74) is 0.890. The summed E-state index contributed by atoms with van der Waals surface area (Å²) in [7, 11) is 0. The summed E-state index contributed by atoms with van der Waals surface area (Å²) in [5.74, 6) is 0.347. The summed E-state index contributed by atoms with van der Waals surface area (Å²) in [6.07, 6.45) is 1.62. The van der Waals surface area contributed by atoms with Crippen molar-refractivity contribution in [2.24, 2.45) is 0 Å². The minimum Gasteiger partial charge on any atom is -0.350 e. The molecule has 0 radical (unpaired) electrons. The maximum atomic E-state index is 11.4. The zero-order valence-corrected chi connectivity index (χ0v) is 8.74. The van der Waals surface area contributed by atoms with Gasteiger partial charge in [-0.3, -0.25) is 4.79 Å². The van der Waals surface area contributed by atoms with Gasteiger partial charge >= 0.3 is 0 Å². The van der Waals surface area contributed by atoms with E-state index in [1.54, 1.807) is 6.20 Å². The third-order valence-electron chi connectivity index (χ3n) is 1.81. The second-order valence-corrected chi connectivity index (χ2v) is 3.32. The molecule has 14 heavy (non-hydrogen) atoms. The van der Waals surface area contributed by atoms with E-state index in [9.17, 15) is 4.79 Å². The van der Waals surface area contributed by atoms with Gasteiger partial charge in [0.05, 0.1) is 0 Å². The summed E-state index contributed by atoms with van der Waals surface area (Å²) in [6, 6.07) is 1.83. The summed E-state index contributed by atoms with van der Waals surface area (Å²) in [4.78, 5) is 19.5. The number of aromatic nitrogens is 2. The van der Waals surface area contributed by atoms with Gasteiger partial charge in [-0.25, -0.2) is 9.97 Å². The summed E-state index contributed by atoms with van der Waals surface area (Å²) in [5, 5.41) is 2.66. The lowest BCUT2D eigenvalue weighted by Crippen LogP contribution is -2.25. The first-order valence-corrected chi connectivity index (χ1v) is 4.76. The minimum absolute atomic E-state index is 0.213. The van der Waals surface area contributed by atoms with Crippen molar-refractivity contribution in [2.45, 2.75) is 26.7 Å². The van der Waals surface area contributed by atoms with Gasteiger partial charge in [0.15, 0.2) is 0 Å². The molecule has 1 aromatic heterocycles. The van der Waals surface area contributed by atoms with E-state index < -0.39 is 0 Å². The van der Waals surface area contributed by atoms with Gasteiger partial charge in [0.1, 0.15) is 0 Å². The van der Waals surface area contributed by atoms with Gasteiger partial charge in [0.25, 0.3) is 5.91 Å². The molecule has 0 aliphatic heterocycles. The fraction of sp³-hybridized carbons (Fsp3) is 0.500. The van der Waals surface area contributed by atoms with Gasteiger partial charge in [0.2, 0.25) is 5.82 Å². The summed E-state index contributed by atoms with van der Waals surface area (Å²) < 4.78 is 0. The highest BCUT2D eigenvalue weighted by molar-refractivity contribution is 5.90. The van der Waals surface area contributed by atoms with Crippen molar-refractivity contribution < 1.29 is 4.79 Å². The standard InChI is InChI=1S/C10H15N3O/c1-4-11-10(14)9-12-6-5-8(13-9)7(2)3/h5-7H,4H2,1-3H3,(H,11,14). The van der Waals surface area contributed by atoms with Crippen LogP contribution in [0.1, 0.15) is 43.0 Å². The molecule has 0 spiro atoms. The molecular weight excluding hydrogens is 178 g/mol. The van der Waals surface area contributed by atoms with Crippen LogP contribution in [0.15, 0.2) is 12.3 Å². The maximum absolute atomic E-state index is 11.4. The van der Waals surface area contributed by atoms with Crippen molar-refractivity contribution >= 4 is 5.91 Å². The molecule has 0 atom stereocenters. The number of amides is 1. The van der Waals surface area contributed by atoms with Crippen LogP contribution in [-0.4, -0.2) is 22.4 Å². The molecule has 0 aliphatic rings. The highest BCUT2D eigenvalue weighted by Crippen LogP contribution is 2.09. The Hall–Kier alpha value is -1.45. The Labute approximate surface area is 83.8 Å². The zero-order chi connectivity index (χ0) is 10.6. The Morgan fingerprint density at radius 3 is 2.86 bits per heavy atom. The molecule has 1 heterocycles. The first kappa shape index (κ1) is 10.6. The number of carbonyl (C=O) groups is 1. The Morgan fingerprint density at radius 2 is 2.29 bits per heavy atom. The molecule has 0 bridgehead atoms. The SMILES string of the molecule is CCNC(=O)c1nccc(C(C)C)n1. The van der Waals surface area contributed by atoms with Gasteiger partial charge in [-0.1, -0.05) is 13.8 Å². The predicted molar refractivity (Wildman–Crippen MR) is 54.1 cm³/mol. The third kappa shape index (κ3) is 2.52. The fourth-order valence-electron chi connectivity index (χ4n) is 1.04. The number of rotatable bonds is 3. The quantitative estimate of drug-likeness (QED) is 0.788. The molecule has 1 rings (SSSR count). The topological polar surface area (TPSA) is 54.9 Å². The van der Waals surface area contributed by atoms with Crippen molar-refractivity contribution in [1.82, 2.24) is 15.3 Å². The van der Waals surface area contributed by atoms with Gasteiger partial charge in [-0.2, -0.15) is 0 Å². The molecule has 4 nitrogen and oxygen atoms in total. The van der Waals surface area contributed by atoms with E-state index >= 15 is 0 Å².